The Morgan fingerprint density at radius 3 is 1.41 bits per heavy atom. The van der Waals surface area contributed by atoms with Crippen molar-refractivity contribution in [2.24, 2.45) is 0 Å². The number of hydrogen-bond acceptors (Lipinski definition) is 5. The summed E-state index contributed by atoms with van der Waals surface area (Å²) in [4.78, 5) is 30.1. The van der Waals surface area contributed by atoms with Crippen LogP contribution >= 0.6 is 15.9 Å². The second-order valence-corrected chi connectivity index (χ2v) is 20.9. The summed E-state index contributed by atoms with van der Waals surface area (Å²) in [5.41, 5.74) is 7.01. The van der Waals surface area contributed by atoms with Crippen molar-refractivity contribution in [1.29, 1.82) is 5.26 Å². The molecule has 4 aliphatic rings. The van der Waals surface area contributed by atoms with Gasteiger partial charge in [0.05, 0.1) is 37.0 Å². The van der Waals surface area contributed by atoms with E-state index in [0.717, 1.165) is 113 Å². The molecule has 2 aliphatic heterocycles. The molecule has 6 aromatic rings. The Hall–Kier alpha value is -6.99. The molecule has 6 aromatic carbocycles. The number of fused-ring (bicyclic) bond motifs is 4. The Morgan fingerprint density at radius 2 is 1.03 bits per heavy atom. The third-order valence-electron chi connectivity index (χ3n) is 15.5. The Labute approximate surface area is 441 Å². The van der Waals surface area contributed by atoms with Crippen molar-refractivity contribution in [2.45, 2.75) is 101 Å². The highest BCUT2D eigenvalue weighted by Gasteiger charge is 2.48. The number of carbonyl (C=O) groups is 2. The van der Waals surface area contributed by atoms with Crippen LogP contribution in [-0.2, 0) is 36.3 Å². The number of urea groups is 2. The first kappa shape index (κ1) is 52.9. The second-order valence-electron chi connectivity index (χ2n) is 20.1. The zero-order chi connectivity index (χ0) is 53.5. The Kier molecular flexibility index (Phi) is 14.8. The van der Waals surface area contributed by atoms with E-state index < -0.39 is 23.5 Å². The molecule has 0 bridgehead atoms. The molecule has 0 aromatic heterocycles. The molecule has 4 amide bonds. The number of alkyl halides is 6. The monoisotopic (exact) mass is 1090 g/mol. The van der Waals surface area contributed by atoms with Gasteiger partial charge in [-0.2, -0.15) is 31.6 Å². The van der Waals surface area contributed by atoms with Crippen molar-refractivity contribution in [3.05, 3.63) is 164 Å². The van der Waals surface area contributed by atoms with E-state index in [1.165, 1.54) is 32.4 Å². The van der Waals surface area contributed by atoms with Gasteiger partial charge in [0, 0.05) is 52.9 Å². The lowest BCUT2D eigenvalue weighted by atomic mass is 9.79. The number of nitrogens with one attached hydrogen (secondary N) is 2. The Bertz CT molecular complexity index is 3210. The number of halogens is 7. The van der Waals surface area contributed by atoms with E-state index in [9.17, 15) is 35.9 Å². The molecular weight excluding hydrogens is 1040 g/mol. The zero-order valence-electron chi connectivity index (χ0n) is 42.0. The van der Waals surface area contributed by atoms with Gasteiger partial charge < -0.3 is 20.1 Å². The van der Waals surface area contributed by atoms with Crippen molar-refractivity contribution in [3.63, 3.8) is 0 Å². The third kappa shape index (κ3) is 10.7. The van der Waals surface area contributed by atoms with Crippen LogP contribution in [-0.4, -0.2) is 39.4 Å². The fourth-order valence-corrected chi connectivity index (χ4v) is 11.8. The van der Waals surface area contributed by atoms with Gasteiger partial charge in [0.25, 0.3) is 0 Å². The molecule has 2 N–H and O–H groups in total. The molecule has 0 atom stereocenters. The normalized spacial score (nSPS) is 16.0. The first-order valence-electron chi connectivity index (χ1n) is 24.9. The number of rotatable bonds is 8. The van der Waals surface area contributed by atoms with Gasteiger partial charge >= 0.3 is 24.4 Å². The maximum atomic E-state index is 13.9. The van der Waals surface area contributed by atoms with Gasteiger partial charge in [-0.05, 0) is 156 Å². The first-order chi connectivity index (χ1) is 35.8. The molecule has 390 valence electrons. The number of hydrogen-bond donors (Lipinski definition) is 2. The number of amides is 4. The maximum absolute atomic E-state index is 13.9. The minimum Gasteiger partial charge on any atom is -0.497 e. The molecular formula is C59H56BrF6N5O4. The summed E-state index contributed by atoms with van der Waals surface area (Å²) in [7, 11) is 2.70. The number of carbonyl (C=O) groups excluding carboxylic acids is 2. The molecule has 16 heteroatoms. The summed E-state index contributed by atoms with van der Waals surface area (Å²) in [6.07, 6.45) is -1.37. The minimum atomic E-state index is -4.54. The van der Waals surface area contributed by atoms with Crippen LogP contribution in [0, 0.1) is 25.2 Å². The predicted molar refractivity (Wildman–Crippen MR) is 281 cm³/mol. The quantitative estimate of drug-likeness (QED) is 0.148. The van der Waals surface area contributed by atoms with Crippen LogP contribution in [0.1, 0.15) is 101 Å². The number of ether oxygens (including phenoxy) is 2. The summed E-state index contributed by atoms with van der Waals surface area (Å²) in [6.45, 7) is 5.59. The summed E-state index contributed by atoms with van der Waals surface area (Å²) in [5.74, 6) is 0.308. The molecule has 2 spiro atoms. The van der Waals surface area contributed by atoms with Gasteiger partial charge in [-0.25, -0.2) is 9.59 Å². The van der Waals surface area contributed by atoms with Crippen LogP contribution in [0.25, 0.3) is 22.3 Å². The standard InChI is InChI=1S/C30H28F3N3O2.C29H28BrF3N2O2/c1-19-13-20(5-6-22(19)16-34)17-35-28(37)36-18-29(11-3-4-12-29)26-14-21(7-10-27(26)36)24-9-8-23(38-2)15-25(24)30(31,32)33;1-18-13-19(5-9-25(18)30)16-34-27(36)35-17-28(11-3-4-12-28)24-14-20(6-10-26(24)35)22-8-7-21(37-2)15-23(22)29(31,32)33/h5-10,13-15H,3-4,11-12,17-18H2,1-2H3,(H,35,37);5-10,13-15H,3-4,11-12,16-17H2,1-2H3,(H,34,36). The lowest BCUT2D eigenvalue weighted by Crippen LogP contribution is -2.41. The van der Waals surface area contributed by atoms with Gasteiger partial charge in [0.1, 0.15) is 11.5 Å². The number of benzene rings is 6. The van der Waals surface area contributed by atoms with Crippen LogP contribution in [0.15, 0.2) is 114 Å². The van der Waals surface area contributed by atoms with E-state index >= 15 is 0 Å². The fraction of sp³-hybridized carbons (Fsp3) is 0.339. The molecule has 75 heavy (non-hydrogen) atoms. The highest BCUT2D eigenvalue weighted by Crippen LogP contribution is 2.54. The number of aryl methyl sites for hydroxylation is 2. The molecule has 9 nitrogen and oxygen atoms in total. The number of nitriles is 1. The molecule has 10 rings (SSSR count). The van der Waals surface area contributed by atoms with Crippen molar-refractivity contribution in [2.75, 3.05) is 37.1 Å². The van der Waals surface area contributed by atoms with E-state index in [2.05, 4.69) is 32.6 Å². The van der Waals surface area contributed by atoms with Crippen LogP contribution in [0.2, 0.25) is 0 Å². The van der Waals surface area contributed by atoms with Crippen molar-refractivity contribution >= 4 is 39.4 Å². The van der Waals surface area contributed by atoms with Gasteiger partial charge in [-0.1, -0.05) is 90.1 Å². The summed E-state index contributed by atoms with van der Waals surface area (Å²) < 4.78 is 94.8. The van der Waals surface area contributed by atoms with Gasteiger partial charge in [-0.15, -0.1) is 0 Å². The molecule has 2 saturated carbocycles. The molecule has 0 saturated heterocycles. The smallest absolute Gasteiger partial charge is 0.417 e. The number of methoxy groups -OCH3 is 2. The summed E-state index contributed by atoms with van der Waals surface area (Å²) in [5, 5.41) is 15.2. The third-order valence-corrected chi connectivity index (χ3v) is 16.3. The average Bonchev–Trinajstić information content (AvgIpc) is 4.22. The topological polar surface area (TPSA) is 107 Å². The van der Waals surface area contributed by atoms with Crippen LogP contribution in [0.3, 0.4) is 0 Å². The van der Waals surface area contributed by atoms with Crippen LogP contribution < -0.4 is 29.9 Å². The highest BCUT2D eigenvalue weighted by atomic mass is 79.9. The Balaban J connectivity index is 0.000000184. The first-order valence-corrected chi connectivity index (χ1v) is 25.7. The molecule has 2 aliphatic carbocycles. The molecule has 0 radical (unpaired) electrons. The number of nitrogens with zero attached hydrogens (tertiary/aromatic N) is 3. The summed E-state index contributed by atoms with van der Waals surface area (Å²) in [6, 6.07) is 31.8. The highest BCUT2D eigenvalue weighted by molar-refractivity contribution is 9.10. The lowest BCUT2D eigenvalue weighted by Gasteiger charge is -2.25. The molecule has 2 fully saturated rings. The van der Waals surface area contributed by atoms with Crippen molar-refractivity contribution in [1.82, 2.24) is 10.6 Å². The SMILES string of the molecule is COc1ccc(-c2ccc3c(c2)C2(CCCC2)CN3C(=O)NCc2ccc(Br)c(C)c2)c(C(F)(F)F)c1.COc1ccc(-c2ccc3c(c2)C2(CCCC2)CN3C(=O)NCc2ccc(C#N)c(C)c2)c(C(F)(F)F)c1. The fourth-order valence-electron chi connectivity index (χ4n) is 11.6. The number of anilines is 2. The van der Waals surface area contributed by atoms with E-state index in [-0.39, 0.29) is 45.5 Å². The Morgan fingerprint density at radius 1 is 0.600 bits per heavy atom. The molecule has 2 heterocycles. The molecule has 0 unspecified atom stereocenters. The van der Waals surface area contributed by atoms with Gasteiger partial charge in [0.15, 0.2) is 0 Å². The second kappa shape index (κ2) is 21.0. The van der Waals surface area contributed by atoms with Crippen LogP contribution in [0.5, 0.6) is 11.5 Å². The largest absolute Gasteiger partial charge is 0.497 e. The summed E-state index contributed by atoms with van der Waals surface area (Å²) >= 11 is 3.50. The van der Waals surface area contributed by atoms with Crippen molar-refractivity contribution < 1.29 is 45.4 Å². The lowest BCUT2D eigenvalue weighted by molar-refractivity contribution is -0.138. The van der Waals surface area contributed by atoms with E-state index in [1.54, 1.807) is 46.2 Å². The van der Waals surface area contributed by atoms with Gasteiger partial charge in [-0.3, -0.25) is 9.80 Å². The maximum Gasteiger partial charge on any atom is 0.417 e. The predicted octanol–water partition coefficient (Wildman–Crippen LogP) is 15.1. The van der Waals surface area contributed by atoms with Crippen molar-refractivity contribution in [3.8, 4) is 39.8 Å². The van der Waals surface area contributed by atoms with Crippen LogP contribution in [0.4, 0.5) is 47.3 Å². The zero-order valence-corrected chi connectivity index (χ0v) is 43.6. The average molecular weight is 1090 g/mol. The van der Waals surface area contributed by atoms with E-state index in [1.807, 2.05) is 56.3 Å². The minimum absolute atomic E-state index is 0.0911. The van der Waals surface area contributed by atoms with Gasteiger partial charge in [0.2, 0.25) is 0 Å². The van der Waals surface area contributed by atoms with E-state index in [4.69, 9.17) is 14.7 Å². The van der Waals surface area contributed by atoms with E-state index in [0.29, 0.717) is 42.9 Å².